The molecule has 0 saturated heterocycles. The molecule has 2 amide bonds. The summed E-state index contributed by atoms with van der Waals surface area (Å²) in [4.78, 5) is 22.8. The highest BCUT2D eigenvalue weighted by molar-refractivity contribution is 9.10. The fourth-order valence-electron chi connectivity index (χ4n) is 2.31. The van der Waals surface area contributed by atoms with Crippen LogP contribution in [-0.2, 0) is 16.0 Å². The van der Waals surface area contributed by atoms with E-state index in [1.165, 1.54) is 6.08 Å². The van der Waals surface area contributed by atoms with E-state index >= 15 is 0 Å². The lowest BCUT2D eigenvalue weighted by molar-refractivity contribution is -0.123. The van der Waals surface area contributed by atoms with E-state index in [9.17, 15) is 9.59 Å². The fourth-order valence-corrected chi connectivity index (χ4v) is 2.70. The van der Waals surface area contributed by atoms with Crippen LogP contribution in [0.5, 0.6) is 0 Å². The second kappa shape index (κ2) is 5.66. The summed E-state index contributed by atoms with van der Waals surface area (Å²) in [6, 6.07) is 16.1. The molecule has 0 aromatic heterocycles. The van der Waals surface area contributed by atoms with Gasteiger partial charge in [-0.2, -0.15) is 0 Å². The largest absolute Gasteiger partial charge is 0.289 e. The predicted molar refractivity (Wildman–Crippen MR) is 84.5 cm³/mol. The van der Waals surface area contributed by atoms with Gasteiger partial charge in [0.05, 0.1) is 0 Å². The van der Waals surface area contributed by atoms with Crippen LogP contribution in [0.1, 0.15) is 5.56 Å². The maximum atomic E-state index is 11.6. The maximum absolute atomic E-state index is 11.6. The smallest absolute Gasteiger partial charge is 0.254 e. The second-order valence-electron chi connectivity index (χ2n) is 4.84. The van der Waals surface area contributed by atoms with Crippen LogP contribution in [0.25, 0.3) is 11.1 Å². The molecule has 4 heteroatoms. The minimum Gasteiger partial charge on any atom is -0.289 e. The van der Waals surface area contributed by atoms with E-state index in [1.807, 2.05) is 48.5 Å². The molecule has 3 nitrogen and oxygen atoms in total. The Hall–Kier alpha value is -2.20. The molecule has 0 bridgehead atoms. The molecule has 2 aromatic rings. The van der Waals surface area contributed by atoms with E-state index in [0.29, 0.717) is 12.0 Å². The molecule has 3 rings (SSSR count). The summed E-state index contributed by atoms with van der Waals surface area (Å²) in [7, 11) is 0. The third-order valence-electron chi connectivity index (χ3n) is 3.37. The van der Waals surface area contributed by atoms with E-state index < -0.39 is 0 Å². The van der Waals surface area contributed by atoms with Gasteiger partial charge in [0, 0.05) is 22.5 Å². The number of hydrogen-bond donors (Lipinski definition) is 1. The van der Waals surface area contributed by atoms with Gasteiger partial charge in [0.2, 0.25) is 0 Å². The molecule has 1 heterocycles. The van der Waals surface area contributed by atoms with Crippen molar-refractivity contribution in [3.8, 4) is 11.1 Å². The van der Waals surface area contributed by atoms with Crippen molar-refractivity contribution in [1.29, 1.82) is 0 Å². The molecule has 0 atom stereocenters. The van der Waals surface area contributed by atoms with Crippen LogP contribution >= 0.6 is 15.9 Å². The van der Waals surface area contributed by atoms with Gasteiger partial charge in [-0.15, -0.1) is 0 Å². The molecule has 1 N–H and O–H groups in total. The first-order chi connectivity index (χ1) is 10.1. The lowest BCUT2D eigenvalue weighted by Crippen LogP contribution is -2.22. The summed E-state index contributed by atoms with van der Waals surface area (Å²) in [5.74, 6) is -0.651. The highest BCUT2D eigenvalue weighted by Crippen LogP contribution is 2.27. The summed E-state index contributed by atoms with van der Waals surface area (Å²) in [5.41, 5.74) is 3.67. The Bertz CT molecular complexity index is 751. The quantitative estimate of drug-likeness (QED) is 0.871. The average molecular weight is 342 g/mol. The van der Waals surface area contributed by atoms with Gasteiger partial charge in [0.25, 0.3) is 11.8 Å². The van der Waals surface area contributed by atoms with Crippen molar-refractivity contribution in [2.75, 3.05) is 0 Å². The molecular weight excluding hydrogens is 330 g/mol. The molecular formula is C17H12BrNO2. The minimum absolute atomic E-state index is 0.308. The molecule has 2 aromatic carbocycles. The van der Waals surface area contributed by atoms with E-state index in [4.69, 9.17) is 0 Å². The molecule has 0 spiro atoms. The highest BCUT2D eigenvalue weighted by Gasteiger charge is 2.21. The Balaban J connectivity index is 1.94. The first-order valence-corrected chi connectivity index (χ1v) is 7.32. The van der Waals surface area contributed by atoms with Gasteiger partial charge >= 0.3 is 0 Å². The van der Waals surface area contributed by atoms with Crippen molar-refractivity contribution < 1.29 is 9.59 Å². The van der Waals surface area contributed by atoms with Crippen molar-refractivity contribution in [2.45, 2.75) is 6.42 Å². The van der Waals surface area contributed by atoms with Crippen LogP contribution in [0, 0.1) is 0 Å². The summed E-state index contributed by atoms with van der Waals surface area (Å²) >= 11 is 3.50. The number of nitrogens with one attached hydrogen (secondary N) is 1. The normalized spacial score (nSPS) is 14.0. The summed E-state index contributed by atoms with van der Waals surface area (Å²) in [5, 5.41) is 2.27. The number of carbonyl (C=O) groups is 2. The van der Waals surface area contributed by atoms with Gasteiger partial charge in [-0.25, -0.2) is 0 Å². The van der Waals surface area contributed by atoms with Crippen LogP contribution in [0.3, 0.4) is 0 Å². The van der Waals surface area contributed by atoms with Gasteiger partial charge in [-0.05, 0) is 28.8 Å². The molecule has 1 aliphatic rings. The number of rotatable bonds is 3. The molecule has 1 aliphatic heterocycles. The van der Waals surface area contributed by atoms with Crippen LogP contribution in [-0.4, -0.2) is 11.8 Å². The standard InChI is InChI=1S/C17H12BrNO2/c18-15-7-6-12(11-4-2-1-3-5-11)8-13(15)9-14-10-16(20)19-17(14)21/h1-8,10H,9H2,(H,19,20,21). The third kappa shape index (κ3) is 2.95. The summed E-state index contributed by atoms with van der Waals surface area (Å²) < 4.78 is 0.926. The molecule has 0 radical (unpaired) electrons. The van der Waals surface area contributed by atoms with Gasteiger partial charge in [0.15, 0.2) is 0 Å². The number of carbonyl (C=O) groups excluding carboxylic acids is 2. The molecule has 0 saturated carbocycles. The number of benzene rings is 2. The van der Waals surface area contributed by atoms with Gasteiger partial charge in [-0.3, -0.25) is 14.9 Å². The van der Waals surface area contributed by atoms with E-state index in [1.54, 1.807) is 0 Å². The number of imide groups is 1. The number of hydrogen-bond acceptors (Lipinski definition) is 2. The van der Waals surface area contributed by atoms with E-state index in [2.05, 4.69) is 21.2 Å². The second-order valence-corrected chi connectivity index (χ2v) is 5.69. The minimum atomic E-state index is -0.342. The Kier molecular flexibility index (Phi) is 3.71. The summed E-state index contributed by atoms with van der Waals surface area (Å²) in [6.07, 6.45) is 1.79. The SMILES string of the molecule is O=C1C=C(Cc2cc(-c3ccccc3)ccc2Br)C(=O)N1. The lowest BCUT2D eigenvalue weighted by Gasteiger charge is -2.08. The Morgan fingerprint density at radius 2 is 1.71 bits per heavy atom. The zero-order valence-corrected chi connectivity index (χ0v) is 12.7. The monoisotopic (exact) mass is 341 g/mol. The van der Waals surface area contributed by atoms with E-state index in [0.717, 1.165) is 21.2 Å². The number of amides is 2. The predicted octanol–water partition coefficient (Wildman–Crippen LogP) is 3.24. The van der Waals surface area contributed by atoms with Gasteiger partial charge < -0.3 is 0 Å². The molecule has 104 valence electrons. The Morgan fingerprint density at radius 1 is 0.952 bits per heavy atom. The van der Waals surface area contributed by atoms with Crippen LogP contribution in [0.15, 0.2) is 64.7 Å². The molecule has 0 unspecified atom stereocenters. The van der Waals surface area contributed by atoms with Gasteiger partial charge in [-0.1, -0.05) is 52.3 Å². The topological polar surface area (TPSA) is 46.2 Å². The van der Waals surface area contributed by atoms with Crippen molar-refractivity contribution in [1.82, 2.24) is 5.32 Å². The molecule has 21 heavy (non-hydrogen) atoms. The first-order valence-electron chi connectivity index (χ1n) is 6.53. The lowest BCUT2D eigenvalue weighted by atomic mass is 9.99. The molecule has 0 aliphatic carbocycles. The van der Waals surface area contributed by atoms with Crippen LogP contribution in [0.4, 0.5) is 0 Å². The maximum Gasteiger partial charge on any atom is 0.254 e. The summed E-state index contributed by atoms with van der Waals surface area (Å²) in [6.45, 7) is 0. The van der Waals surface area contributed by atoms with Crippen LogP contribution in [0.2, 0.25) is 0 Å². The van der Waals surface area contributed by atoms with Crippen molar-refractivity contribution in [3.05, 3.63) is 70.2 Å². The van der Waals surface area contributed by atoms with Crippen molar-refractivity contribution >= 4 is 27.7 Å². The van der Waals surface area contributed by atoms with Crippen molar-refractivity contribution in [2.24, 2.45) is 0 Å². The average Bonchev–Trinajstić information content (AvgIpc) is 2.80. The van der Waals surface area contributed by atoms with Gasteiger partial charge in [0.1, 0.15) is 0 Å². The zero-order valence-electron chi connectivity index (χ0n) is 11.1. The highest BCUT2D eigenvalue weighted by atomic mass is 79.9. The number of halogens is 1. The Morgan fingerprint density at radius 3 is 2.38 bits per heavy atom. The molecule has 0 fully saturated rings. The third-order valence-corrected chi connectivity index (χ3v) is 4.14. The van der Waals surface area contributed by atoms with E-state index in [-0.39, 0.29) is 11.8 Å². The first kappa shape index (κ1) is 13.8. The Labute approximate surface area is 130 Å². The fraction of sp³-hybridized carbons (Fsp3) is 0.0588. The zero-order chi connectivity index (χ0) is 14.8. The van der Waals surface area contributed by atoms with Crippen molar-refractivity contribution in [3.63, 3.8) is 0 Å². The van der Waals surface area contributed by atoms with Crippen LogP contribution < -0.4 is 5.32 Å².